The number of hydrogen-bond donors (Lipinski definition) is 0. The minimum Gasteiger partial charge on any atom is -0.478 e. The molecule has 20 heavy (non-hydrogen) atoms. The summed E-state index contributed by atoms with van der Waals surface area (Å²) in [5.74, 6) is 0.690. The third-order valence-electron chi connectivity index (χ3n) is 3.21. The van der Waals surface area contributed by atoms with Gasteiger partial charge in [0, 0.05) is 6.42 Å². The van der Waals surface area contributed by atoms with Gasteiger partial charge in [-0.25, -0.2) is 4.79 Å². The van der Waals surface area contributed by atoms with Gasteiger partial charge in [0.1, 0.15) is 11.5 Å². The van der Waals surface area contributed by atoms with Crippen molar-refractivity contribution in [1.82, 2.24) is 0 Å². The largest absolute Gasteiger partial charge is 0.478 e. The van der Waals surface area contributed by atoms with Crippen LogP contribution in [0, 0.1) is 6.92 Å². The number of halogens is 1. The van der Waals surface area contributed by atoms with Crippen LogP contribution < -0.4 is 9.47 Å². The number of ether oxygens (including phenoxy) is 2. The van der Waals surface area contributed by atoms with Crippen LogP contribution in [0.5, 0.6) is 11.5 Å². The lowest BCUT2D eigenvalue weighted by Gasteiger charge is -2.11. The third-order valence-corrected chi connectivity index (χ3v) is 3.52. The molecule has 0 amide bonds. The van der Waals surface area contributed by atoms with Crippen LogP contribution in [-0.4, -0.2) is 12.1 Å². The number of fused-ring (bicyclic) bond motifs is 1. The highest BCUT2D eigenvalue weighted by Gasteiger charge is 2.30. The summed E-state index contributed by atoms with van der Waals surface area (Å²) >= 11 is 6.02. The Labute approximate surface area is 122 Å². The van der Waals surface area contributed by atoms with Crippen LogP contribution in [0.1, 0.15) is 11.1 Å². The summed E-state index contributed by atoms with van der Waals surface area (Å²) in [6.45, 7) is 1.91. The second-order valence-corrected chi connectivity index (χ2v) is 5.18. The Morgan fingerprint density at radius 3 is 2.90 bits per heavy atom. The maximum atomic E-state index is 12.1. The van der Waals surface area contributed by atoms with Crippen LogP contribution in [0.4, 0.5) is 0 Å². The molecule has 0 aliphatic carbocycles. The fraction of sp³-hybridized carbons (Fsp3) is 0.188. The van der Waals surface area contributed by atoms with Gasteiger partial charge in [0.05, 0.1) is 5.02 Å². The highest BCUT2D eigenvalue weighted by molar-refractivity contribution is 6.32. The lowest BCUT2D eigenvalue weighted by molar-refractivity contribution is -0.141. The molecule has 1 atom stereocenters. The lowest BCUT2D eigenvalue weighted by atomic mass is 10.1. The number of para-hydroxylation sites is 1. The maximum absolute atomic E-state index is 12.1. The zero-order valence-electron chi connectivity index (χ0n) is 10.9. The van der Waals surface area contributed by atoms with Gasteiger partial charge >= 0.3 is 5.97 Å². The van der Waals surface area contributed by atoms with Gasteiger partial charge in [-0.1, -0.05) is 35.9 Å². The SMILES string of the molecule is Cc1ccc(Cl)c(OC(=O)C2Cc3ccccc3O2)c1. The first kappa shape index (κ1) is 13.0. The first-order chi connectivity index (χ1) is 9.63. The van der Waals surface area contributed by atoms with Crippen LogP contribution in [0.15, 0.2) is 42.5 Å². The molecular formula is C16H13ClO3. The molecule has 2 aromatic rings. The number of esters is 1. The van der Waals surface area contributed by atoms with Crippen molar-refractivity contribution >= 4 is 17.6 Å². The predicted molar refractivity (Wildman–Crippen MR) is 76.4 cm³/mol. The van der Waals surface area contributed by atoms with Crippen LogP contribution in [0.25, 0.3) is 0 Å². The van der Waals surface area contributed by atoms with E-state index in [0.717, 1.165) is 16.9 Å². The average molecular weight is 289 g/mol. The first-order valence-corrected chi connectivity index (χ1v) is 6.74. The lowest BCUT2D eigenvalue weighted by Crippen LogP contribution is -2.29. The van der Waals surface area contributed by atoms with Gasteiger partial charge in [-0.15, -0.1) is 0 Å². The Hall–Kier alpha value is -2.00. The summed E-state index contributed by atoms with van der Waals surface area (Å²) in [7, 11) is 0. The zero-order valence-corrected chi connectivity index (χ0v) is 11.7. The van der Waals surface area contributed by atoms with Crippen molar-refractivity contribution in [1.29, 1.82) is 0 Å². The van der Waals surface area contributed by atoms with Crippen molar-refractivity contribution in [2.24, 2.45) is 0 Å². The normalized spacial score (nSPS) is 16.4. The molecule has 0 fully saturated rings. The Kier molecular flexibility index (Phi) is 3.36. The van der Waals surface area contributed by atoms with E-state index in [2.05, 4.69) is 0 Å². The number of aryl methyl sites for hydroxylation is 1. The van der Waals surface area contributed by atoms with E-state index in [0.29, 0.717) is 17.2 Å². The van der Waals surface area contributed by atoms with Crippen molar-refractivity contribution in [2.45, 2.75) is 19.4 Å². The molecule has 1 aliphatic heterocycles. The quantitative estimate of drug-likeness (QED) is 0.626. The molecule has 1 heterocycles. The molecule has 4 heteroatoms. The number of carbonyl (C=O) groups excluding carboxylic acids is 1. The van der Waals surface area contributed by atoms with E-state index in [-0.39, 0.29) is 0 Å². The van der Waals surface area contributed by atoms with Gasteiger partial charge < -0.3 is 9.47 Å². The molecule has 3 rings (SSSR count). The zero-order chi connectivity index (χ0) is 14.1. The van der Waals surface area contributed by atoms with E-state index in [1.165, 1.54) is 0 Å². The minimum absolute atomic E-state index is 0.372. The average Bonchev–Trinajstić information content (AvgIpc) is 2.87. The van der Waals surface area contributed by atoms with Gasteiger partial charge in [-0.2, -0.15) is 0 Å². The van der Waals surface area contributed by atoms with E-state index in [1.54, 1.807) is 12.1 Å². The molecule has 0 saturated carbocycles. The van der Waals surface area contributed by atoms with Crippen molar-refractivity contribution in [3.8, 4) is 11.5 Å². The first-order valence-electron chi connectivity index (χ1n) is 6.36. The number of carbonyl (C=O) groups is 1. The Balaban J connectivity index is 1.74. The van der Waals surface area contributed by atoms with E-state index < -0.39 is 12.1 Å². The maximum Gasteiger partial charge on any atom is 0.353 e. The van der Waals surface area contributed by atoms with Crippen molar-refractivity contribution in [3.63, 3.8) is 0 Å². The summed E-state index contributed by atoms with van der Waals surface area (Å²) in [5, 5.41) is 0.416. The summed E-state index contributed by atoms with van der Waals surface area (Å²) in [6, 6.07) is 12.9. The molecule has 3 nitrogen and oxygen atoms in total. The van der Waals surface area contributed by atoms with E-state index in [1.807, 2.05) is 37.3 Å². The third kappa shape index (κ3) is 2.49. The molecule has 0 N–H and O–H groups in total. The highest BCUT2D eigenvalue weighted by Crippen LogP contribution is 2.30. The van der Waals surface area contributed by atoms with Gasteiger partial charge in [0.2, 0.25) is 0 Å². The summed E-state index contributed by atoms with van der Waals surface area (Å²) in [6.07, 6.45) is -0.0812. The summed E-state index contributed by atoms with van der Waals surface area (Å²) < 4.78 is 10.9. The van der Waals surface area contributed by atoms with E-state index in [9.17, 15) is 4.79 Å². The molecule has 1 unspecified atom stereocenters. The number of benzene rings is 2. The fourth-order valence-electron chi connectivity index (χ4n) is 2.18. The monoisotopic (exact) mass is 288 g/mol. The second-order valence-electron chi connectivity index (χ2n) is 4.77. The van der Waals surface area contributed by atoms with Crippen molar-refractivity contribution in [3.05, 3.63) is 58.6 Å². The highest BCUT2D eigenvalue weighted by atomic mass is 35.5. The number of hydrogen-bond acceptors (Lipinski definition) is 3. The molecule has 102 valence electrons. The summed E-state index contributed by atoms with van der Waals surface area (Å²) in [4.78, 5) is 12.1. The molecule has 0 saturated heterocycles. The van der Waals surface area contributed by atoms with Crippen molar-refractivity contribution in [2.75, 3.05) is 0 Å². The van der Waals surface area contributed by atoms with Gasteiger partial charge in [0.25, 0.3) is 0 Å². The molecule has 2 aromatic carbocycles. The van der Waals surface area contributed by atoms with Gasteiger partial charge in [0.15, 0.2) is 6.10 Å². The fourth-order valence-corrected chi connectivity index (χ4v) is 2.33. The van der Waals surface area contributed by atoms with E-state index in [4.69, 9.17) is 21.1 Å². The van der Waals surface area contributed by atoms with Gasteiger partial charge in [-0.05, 0) is 36.2 Å². The number of rotatable bonds is 2. The van der Waals surface area contributed by atoms with E-state index >= 15 is 0 Å². The molecule has 0 bridgehead atoms. The van der Waals surface area contributed by atoms with Crippen molar-refractivity contribution < 1.29 is 14.3 Å². The second kappa shape index (κ2) is 5.17. The molecular weight excluding hydrogens is 276 g/mol. The summed E-state index contributed by atoms with van der Waals surface area (Å²) in [5.41, 5.74) is 2.00. The molecule has 1 aliphatic rings. The Morgan fingerprint density at radius 1 is 1.30 bits per heavy atom. The standard InChI is InChI=1S/C16H13ClO3/c1-10-6-7-12(17)14(8-10)20-16(18)15-9-11-4-2-3-5-13(11)19-15/h2-8,15H,9H2,1H3. The van der Waals surface area contributed by atoms with Crippen LogP contribution in [-0.2, 0) is 11.2 Å². The predicted octanol–water partition coefficient (Wildman–Crippen LogP) is 3.56. The Bertz CT molecular complexity index is 642. The van der Waals surface area contributed by atoms with Crippen LogP contribution >= 0.6 is 11.6 Å². The van der Waals surface area contributed by atoms with Crippen LogP contribution in [0.2, 0.25) is 5.02 Å². The molecule has 0 spiro atoms. The smallest absolute Gasteiger partial charge is 0.353 e. The minimum atomic E-state index is -0.607. The molecule has 0 radical (unpaired) electrons. The van der Waals surface area contributed by atoms with Crippen LogP contribution in [0.3, 0.4) is 0 Å². The Morgan fingerprint density at radius 2 is 2.10 bits per heavy atom. The van der Waals surface area contributed by atoms with Gasteiger partial charge in [-0.3, -0.25) is 0 Å². The topological polar surface area (TPSA) is 35.5 Å². The molecule has 0 aromatic heterocycles.